The molecule has 0 aromatic heterocycles. The molecule has 0 N–H and O–H groups in total. The van der Waals surface area contributed by atoms with E-state index in [2.05, 4.69) is 74.0 Å². The quantitative estimate of drug-likeness (QED) is 0.276. The first kappa shape index (κ1) is 27.9. The van der Waals surface area contributed by atoms with Crippen molar-refractivity contribution in [1.82, 2.24) is 0 Å². The number of epoxide rings is 1. The van der Waals surface area contributed by atoms with Gasteiger partial charge in [0, 0.05) is 0 Å². The van der Waals surface area contributed by atoms with Gasteiger partial charge >= 0.3 is 0 Å². The summed E-state index contributed by atoms with van der Waals surface area (Å²) in [5.41, 5.74) is 0. The largest absolute Gasteiger partial charge is 0.377 e. The summed E-state index contributed by atoms with van der Waals surface area (Å²) in [5.74, 6) is 4.51. The fourth-order valence-corrected chi connectivity index (χ4v) is 4.44. The van der Waals surface area contributed by atoms with E-state index in [0.717, 1.165) is 36.9 Å². The predicted molar refractivity (Wildman–Crippen MR) is 125 cm³/mol. The molecule has 2 heteroatoms. The van der Waals surface area contributed by atoms with Gasteiger partial charge in [0.15, 0.2) is 0 Å². The molecule has 0 aromatic rings. The van der Waals surface area contributed by atoms with Crippen LogP contribution in [0.4, 0.5) is 0 Å². The van der Waals surface area contributed by atoms with Crippen LogP contribution in [-0.2, 0) is 9.47 Å². The van der Waals surface area contributed by atoms with Gasteiger partial charge in [0.05, 0.1) is 25.4 Å². The lowest BCUT2D eigenvalue weighted by Gasteiger charge is -2.31. The van der Waals surface area contributed by atoms with E-state index in [1.54, 1.807) is 0 Å². The Morgan fingerprint density at radius 3 is 1.00 bits per heavy atom. The molecule has 1 aliphatic rings. The zero-order valence-electron chi connectivity index (χ0n) is 21.1. The van der Waals surface area contributed by atoms with Crippen LogP contribution in [0.2, 0.25) is 0 Å². The van der Waals surface area contributed by atoms with Crippen LogP contribution in [0.1, 0.15) is 108 Å². The minimum absolute atomic E-state index is 0.434. The summed E-state index contributed by atoms with van der Waals surface area (Å²) in [6.45, 7) is 25.5. The maximum absolute atomic E-state index is 6.78. The minimum atomic E-state index is 0.434. The van der Waals surface area contributed by atoms with Crippen molar-refractivity contribution in [2.24, 2.45) is 35.5 Å². The molecule has 0 aliphatic carbocycles. The Labute approximate surface area is 178 Å². The second kappa shape index (κ2) is 15.7. The molecule has 0 spiro atoms. The van der Waals surface area contributed by atoms with Crippen LogP contribution >= 0.6 is 0 Å². The van der Waals surface area contributed by atoms with Crippen molar-refractivity contribution < 1.29 is 9.47 Å². The monoisotopic (exact) mass is 398 g/mol. The van der Waals surface area contributed by atoms with Gasteiger partial charge < -0.3 is 9.47 Å². The molecule has 0 saturated carbocycles. The summed E-state index contributed by atoms with van der Waals surface area (Å²) >= 11 is 0. The lowest BCUT2D eigenvalue weighted by molar-refractivity contribution is -0.0518. The van der Waals surface area contributed by atoms with Gasteiger partial charge in [-0.15, -0.1) is 0 Å². The van der Waals surface area contributed by atoms with Gasteiger partial charge in [-0.1, -0.05) is 69.2 Å². The molecule has 1 aliphatic heterocycles. The summed E-state index contributed by atoms with van der Waals surface area (Å²) in [5, 5.41) is 0. The second-order valence-electron chi connectivity index (χ2n) is 11.2. The van der Waals surface area contributed by atoms with Crippen molar-refractivity contribution in [2.45, 2.75) is 120 Å². The van der Waals surface area contributed by atoms with Crippen molar-refractivity contribution in [3.8, 4) is 0 Å². The Bertz CT molecular complexity index is 314. The van der Waals surface area contributed by atoms with Crippen LogP contribution in [0, 0.1) is 35.5 Å². The SMILES string of the molecule is C1CO1.CC(C)CC(C)CC(CC(C)C)OC(CC(C)C)CC(C)CC(C)C. The fraction of sp³-hybridized carbons (Fsp3) is 1.00. The summed E-state index contributed by atoms with van der Waals surface area (Å²) < 4.78 is 11.3. The smallest absolute Gasteiger partial charge is 0.0701 e. The standard InChI is InChI=1S/C24H50O.C2H4O/c1-17(2)11-21(9)15-23(13-19(5)6)25-24(14-20(7)8)16-22(10)12-18(3)4;1-2-3-1/h17-24H,11-16H2,1-10H3;1-2H2. The van der Waals surface area contributed by atoms with E-state index in [4.69, 9.17) is 4.74 Å². The highest BCUT2D eigenvalue weighted by atomic mass is 16.6. The number of rotatable bonds is 14. The Balaban J connectivity index is 0.00000219. The van der Waals surface area contributed by atoms with Crippen LogP contribution in [0.3, 0.4) is 0 Å². The molecule has 1 saturated heterocycles. The van der Waals surface area contributed by atoms with Gasteiger partial charge in [-0.2, -0.15) is 0 Å². The number of ether oxygens (including phenoxy) is 2. The molecule has 2 nitrogen and oxygen atoms in total. The zero-order chi connectivity index (χ0) is 21.7. The third kappa shape index (κ3) is 19.2. The molecule has 1 rings (SSSR count). The van der Waals surface area contributed by atoms with Crippen LogP contribution < -0.4 is 0 Å². The Kier molecular flexibility index (Phi) is 15.7. The normalized spacial score (nSPS) is 18.2. The van der Waals surface area contributed by atoms with E-state index in [-0.39, 0.29) is 0 Å². The fourth-order valence-electron chi connectivity index (χ4n) is 4.44. The van der Waals surface area contributed by atoms with E-state index in [1.807, 2.05) is 0 Å². The molecule has 28 heavy (non-hydrogen) atoms. The minimum Gasteiger partial charge on any atom is -0.377 e. The van der Waals surface area contributed by atoms with E-state index < -0.39 is 0 Å². The molecule has 0 bridgehead atoms. The predicted octanol–water partition coefficient (Wildman–Crippen LogP) is 7.99. The van der Waals surface area contributed by atoms with E-state index >= 15 is 0 Å². The van der Waals surface area contributed by atoms with Crippen LogP contribution in [0.15, 0.2) is 0 Å². The van der Waals surface area contributed by atoms with E-state index in [0.29, 0.717) is 24.0 Å². The summed E-state index contributed by atoms with van der Waals surface area (Å²) in [4.78, 5) is 0. The molecule has 1 heterocycles. The summed E-state index contributed by atoms with van der Waals surface area (Å²) in [7, 11) is 0. The molecule has 0 radical (unpaired) electrons. The first-order valence-corrected chi connectivity index (χ1v) is 12.2. The van der Waals surface area contributed by atoms with Crippen LogP contribution in [-0.4, -0.2) is 25.4 Å². The third-order valence-corrected chi connectivity index (χ3v) is 5.14. The van der Waals surface area contributed by atoms with Crippen LogP contribution in [0.25, 0.3) is 0 Å². The molecule has 1 fully saturated rings. The van der Waals surface area contributed by atoms with Gasteiger partial charge in [0.25, 0.3) is 0 Å². The topological polar surface area (TPSA) is 21.8 Å². The molecular formula is C26H54O2. The van der Waals surface area contributed by atoms with E-state index in [9.17, 15) is 0 Å². The van der Waals surface area contributed by atoms with Crippen molar-refractivity contribution in [3.63, 3.8) is 0 Å². The highest BCUT2D eigenvalue weighted by Crippen LogP contribution is 2.28. The summed E-state index contributed by atoms with van der Waals surface area (Å²) in [6, 6.07) is 0. The van der Waals surface area contributed by atoms with Crippen LogP contribution in [0.5, 0.6) is 0 Å². The lowest BCUT2D eigenvalue weighted by Crippen LogP contribution is -2.28. The van der Waals surface area contributed by atoms with Gasteiger partial charge in [0.2, 0.25) is 0 Å². The highest BCUT2D eigenvalue weighted by Gasteiger charge is 2.23. The molecule has 0 aromatic carbocycles. The van der Waals surface area contributed by atoms with Gasteiger partial charge in [-0.05, 0) is 74.0 Å². The van der Waals surface area contributed by atoms with E-state index in [1.165, 1.54) is 38.5 Å². The average Bonchev–Trinajstić information content (AvgIpc) is 3.31. The molecule has 0 amide bonds. The Hall–Kier alpha value is -0.0800. The van der Waals surface area contributed by atoms with Crippen molar-refractivity contribution in [2.75, 3.05) is 13.2 Å². The maximum Gasteiger partial charge on any atom is 0.0701 e. The van der Waals surface area contributed by atoms with Gasteiger partial charge in [0.1, 0.15) is 0 Å². The lowest BCUT2D eigenvalue weighted by atomic mass is 9.89. The Morgan fingerprint density at radius 1 is 0.500 bits per heavy atom. The first-order valence-electron chi connectivity index (χ1n) is 12.2. The second-order valence-corrected chi connectivity index (χ2v) is 11.2. The zero-order valence-corrected chi connectivity index (χ0v) is 21.1. The maximum atomic E-state index is 6.78. The molecule has 4 atom stereocenters. The van der Waals surface area contributed by atoms with Crippen molar-refractivity contribution >= 4 is 0 Å². The molecular weight excluding hydrogens is 344 g/mol. The third-order valence-electron chi connectivity index (χ3n) is 5.14. The first-order chi connectivity index (χ1) is 13.0. The van der Waals surface area contributed by atoms with Crippen molar-refractivity contribution in [1.29, 1.82) is 0 Å². The van der Waals surface area contributed by atoms with Gasteiger partial charge in [-0.3, -0.25) is 0 Å². The average molecular weight is 399 g/mol. The van der Waals surface area contributed by atoms with Crippen molar-refractivity contribution in [3.05, 3.63) is 0 Å². The highest BCUT2D eigenvalue weighted by molar-refractivity contribution is 4.73. The number of hydrogen-bond acceptors (Lipinski definition) is 2. The molecule has 170 valence electrons. The summed E-state index contributed by atoms with van der Waals surface area (Å²) in [6.07, 6.45) is 8.36. The Morgan fingerprint density at radius 2 is 0.786 bits per heavy atom. The van der Waals surface area contributed by atoms with Gasteiger partial charge in [-0.25, -0.2) is 0 Å². The number of hydrogen-bond donors (Lipinski definition) is 0. The molecule has 4 unspecified atom stereocenters.